The maximum absolute atomic E-state index is 2.35. The van der Waals surface area contributed by atoms with Crippen molar-refractivity contribution in [3.63, 3.8) is 0 Å². The fourth-order valence-electron chi connectivity index (χ4n) is 2.27. The van der Waals surface area contributed by atoms with E-state index >= 15 is 0 Å². The molecule has 0 saturated heterocycles. The van der Waals surface area contributed by atoms with Gasteiger partial charge in [-0.25, -0.2) is 0 Å². The molecule has 0 heterocycles. The first-order valence-electron chi connectivity index (χ1n) is 5.35. The predicted molar refractivity (Wildman–Crippen MR) is 58.7 cm³/mol. The third-order valence-electron chi connectivity index (χ3n) is 3.19. The summed E-state index contributed by atoms with van der Waals surface area (Å²) in [5.74, 6) is 3.49. The van der Waals surface area contributed by atoms with Gasteiger partial charge in [-0.1, -0.05) is 32.6 Å². The van der Waals surface area contributed by atoms with Gasteiger partial charge in [0.15, 0.2) is 0 Å². The van der Waals surface area contributed by atoms with E-state index < -0.39 is 0 Å². The molecule has 2 atom stereocenters. The minimum absolute atomic E-state index is 1.04. The Kier molecular flexibility index (Phi) is 5.13. The van der Waals surface area contributed by atoms with Gasteiger partial charge in [0.1, 0.15) is 0 Å². The normalized spacial score (nSPS) is 31.5. The molecule has 0 aliphatic heterocycles. The Morgan fingerprint density at radius 1 is 1.08 bits per heavy atom. The van der Waals surface area contributed by atoms with Crippen molar-refractivity contribution >= 4 is 11.8 Å². The van der Waals surface area contributed by atoms with Crippen LogP contribution in [0.25, 0.3) is 0 Å². The van der Waals surface area contributed by atoms with Gasteiger partial charge >= 0.3 is 0 Å². The summed E-state index contributed by atoms with van der Waals surface area (Å²) in [6, 6.07) is 0. The summed E-state index contributed by atoms with van der Waals surface area (Å²) in [7, 11) is 0. The molecule has 1 aliphatic rings. The molecule has 0 bridgehead atoms. The zero-order chi connectivity index (χ0) is 8.81. The van der Waals surface area contributed by atoms with Crippen LogP contribution < -0.4 is 0 Å². The van der Waals surface area contributed by atoms with Crippen molar-refractivity contribution in [2.75, 3.05) is 12.0 Å². The lowest BCUT2D eigenvalue weighted by Gasteiger charge is -2.12. The minimum Gasteiger partial charge on any atom is -0.165 e. The Morgan fingerprint density at radius 3 is 2.42 bits per heavy atom. The largest absolute Gasteiger partial charge is 0.165 e. The quantitative estimate of drug-likeness (QED) is 0.601. The highest BCUT2D eigenvalue weighted by Gasteiger charge is 2.16. The van der Waals surface area contributed by atoms with Gasteiger partial charge in [0.25, 0.3) is 0 Å². The number of hydrogen-bond acceptors (Lipinski definition) is 1. The summed E-state index contributed by atoms with van der Waals surface area (Å²) in [6.07, 6.45) is 11.1. The van der Waals surface area contributed by atoms with Crippen LogP contribution in [-0.4, -0.2) is 12.0 Å². The van der Waals surface area contributed by atoms with Crippen LogP contribution in [0, 0.1) is 11.8 Å². The third-order valence-corrected chi connectivity index (χ3v) is 3.99. The molecule has 0 aromatic heterocycles. The molecule has 1 fully saturated rings. The zero-order valence-corrected chi connectivity index (χ0v) is 9.33. The molecule has 72 valence electrons. The van der Waals surface area contributed by atoms with Gasteiger partial charge in [-0.15, -0.1) is 0 Å². The Morgan fingerprint density at radius 2 is 1.75 bits per heavy atom. The highest BCUT2D eigenvalue weighted by Crippen LogP contribution is 2.30. The van der Waals surface area contributed by atoms with E-state index in [1.165, 1.54) is 44.3 Å². The molecule has 0 aromatic carbocycles. The standard InChI is InChI=1S/C11H22S/c1-3-10-5-4-6-11(8-7-10)9-12-2/h10-11H,3-9H2,1-2H3. The van der Waals surface area contributed by atoms with Gasteiger partial charge in [-0.3, -0.25) is 0 Å². The molecule has 0 N–H and O–H groups in total. The number of hydrogen-bond donors (Lipinski definition) is 0. The average Bonchev–Trinajstić information content (AvgIpc) is 2.31. The molecule has 12 heavy (non-hydrogen) atoms. The third kappa shape index (κ3) is 3.38. The monoisotopic (exact) mass is 186 g/mol. The van der Waals surface area contributed by atoms with Gasteiger partial charge in [0, 0.05) is 0 Å². The first-order valence-corrected chi connectivity index (χ1v) is 6.75. The summed E-state index contributed by atoms with van der Waals surface area (Å²) in [4.78, 5) is 0. The molecule has 2 unspecified atom stereocenters. The van der Waals surface area contributed by atoms with Crippen molar-refractivity contribution in [3.8, 4) is 0 Å². The van der Waals surface area contributed by atoms with Gasteiger partial charge < -0.3 is 0 Å². The van der Waals surface area contributed by atoms with Crippen molar-refractivity contribution in [3.05, 3.63) is 0 Å². The van der Waals surface area contributed by atoms with E-state index in [2.05, 4.69) is 13.2 Å². The van der Waals surface area contributed by atoms with Crippen LogP contribution in [0.4, 0.5) is 0 Å². The summed E-state index contributed by atoms with van der Waals surface area (Å²) in [5.41, 5.74) is 0. The summed E-state index contributed by atoms with van der Waals surface area (Å²) < 4.78 is 0. The second-order valence-electron chi connectivity index (χ2n) is 4.10. The lowest BCUT2D eigenvalue weighted by atomic mass is 9.97. The Bertz CT molecular complexity index is 112. The van der Waals surface area contributed by atoms with E-state index in [9.17, 15) is 0 Å². The lowest BCUT2D eigenvalue weighted by molar-refractivity contribution is 0.436. The molecule has 1 saturated carbocycles. The van der Waals surface area contributed by atoms with Gasteiger partial charge in [0.2, 0.25) is 0 Å². The van der Waals surface area contributed by atoms with E-state index in [4.69, 9.17) is 0 Å². The molecule has 0 aromatic rings. The number of thioether (sulfide) groups is 1. The molecule has 1 rings (SSSR count). The van der Waals surface area contributed by atoms with Crippen LogP contribution >= 0.6 is 11.8 Å². The maximum atomic E-state index is 2.35. The first-order chi connectivity index (χ1) is 5.86. The van der Waals surface area contributed by atoms with Crippen molar-refractivity contribution < 1.29 is 0 Å². The molecule has 0 amide bonds. The van der Waals surface area contributed by atoms with E-state index in [0.717, 1.165) is 11.8 Å². The summed E-state index contributed by atoms with van der Waals surface area (Å²) in [5, 5.41) is 0. The summed E-state index contributed by atoms with van der Waals surface area (Å²) >= 11 is 2.03. The second-order valence-corrected chi connectivity index (χ2v) is 5.01. The maximum Gasteiger partial charge on any atom is -0.00419 e. The molecule has 0 radical (unpaired) electrons. The number of rotatable bonds is 3. The highest BCUT2D eigenvalue weighted by atomic mass is 32.2. The molecular formula is C11H22S. The van der Waals surface area contributed by atoms with E-state index in [1.807, 2.05) is 11.8 Å². The van der Waals surface area contributed by atoms with Crippen molar-refractivity contribution in [2.24, 2.45) is 11.8 Å². The van der Waals surface area contributed by atoms with Gasteiger partial charge in [-0.2, -0.15) is 11.8 Å². The van der Waals surface area contributed by atoms with Crippen LogP contribution in [0.2, 0.25) is 0 Å². The SMILES string of the molecule is CCC1CCCC(CSC)CC1. The first kappa shape index (κ1) is 10.4. The predicted octanol–water partition coefficient (Wildman–Crippen LogP) is 3.96. The van der Waals surface area contributed by atoms with Crippen LogP contribution in [0.15, 0.2) is 0 Å². The van der Waals surface area contributed by atoms with Crippen LogP contribution in [0.5, 0.6) is 0 Å². The average molecular weight is 186 g/mol. The van der Waals surface area contributed by atoms with Gasteiger partial charge in [0.05, 0.1) is 0 Å². The summed E-state index contributed by atoms with van der Waals surface area (Å²) in [6.45, 7) is 2.35. The van der Waals surface area contributed by atoms with Gasteiger partial charge in [-0.05, 0) is 36.7 Å². The van der Waals surface area contributed by atoms with Crippen molar-refractivity contribution in [1.29, 1.82) is 0 Å². The minimum atomic E-state index is 1.04. The zero-order valence-electron chi connectivity index (χ0n) is 8.51. The highest BCUT2D eigenvalue weighted by molar-refractivity contribution is 7.98. The molecule has 1 heteroatoms. The van der Waals surface area contributed by atoms with Crippen molar-refractivity contribution in [2.45, 2.75) is 45.4 Å². The molecule has 0 spiro atoms. The van der Waals surface area contributed by atoms with Crippen LogP contribution in [-0.2, 0) is 0 Å². The molecule has 0 nitrogen and oxygen atoms in total. The Labute approximate surface area is 81.5 Å². The van der Waals surface area contributed by atoms with E-state index in [-0.39, 0.29) is 0 Å². The topological polar surface area (TPSA) is 0 Å². The second kappa shape index (κ2) is 5.90. The van der Waals surface area contributed by atoms with Crippen molar-refractivity contribution in [1.82, 2.24) is 0 Å². The lowest BCUT2D eigenvalue weighted by Crippen LogP contribution is -2.02. The molecular weight excluding hydrogens is 164 g/mol. The smallest absolute Gasteiger partial charge is 0.00419 e. The van der Waals surface area contributed by atoms with E-state index in [1.54, 1.807) is 0 Å². The Hall–Kier alpha value is 0.350. The fourth-order valence-corrected chi connectivity index (χ4v) is 3.07. The molecule has 1 aliphatic carbocycles. The Balaban J connectivity index is 2.24. The van der Waals surface area contributed by atoms with Crippen LogP contribution in [0.3, 0.4) is 0 Å². The van der Waals surface area contributed by atoms with Crippen LogP contribution in [0.1, 0.15) is 45.4 Å². The fraction of sp³-hybridized carbons (Fsp3) is 1.00. The van der Waals surface area contributed by atoms with E-state index in [0.29, 0.717) is 0 Å².